The summed E-state index contributed by atoms with van der Waals surface area (Å²) in [4.78, 5) is 13.7. The summed E-state index contributed by atoms with van der Waals surface area (Å²) in [5.41, 5.74) is 0. The second kappa shape index (κ2) is 9.30. The van der Waals surface area contributed by atoms with Crippen molar-refractivity contribution in [3.8, 4) is 0 Å². The second-order valence-corrected chi connectivity index (χ2v) is 5.04. The molecule has 5 heteroatoms. The number of piperidine rings is 1. The molecule has 18 heavy (non-hydrogen) atoms. The normalized spacial score (nSPS) is 20.1. The van der Waals surface area contributed by atoms with Crippen LogP contribution >= 0.6 is 0 Å². The van der Waals surface area contributed by atoms with E-state index in [0.29, 0.717) is 25.7 Å². The summed E-state index contributed by atoms with van der Waals surface area (Å²) in [7, 11) is 3.68. The fourth-order valence-corrected chi connectivity index (χ4v) is 2.27. The number of carbonyl (C=O) groups is 1. The molecule has 0 spiro atoms. The molecule has 1 atom stereocenters. The molecule has 0 aromatic heterocycles. The molecule has 1 unspecified atom stereocenters. The highest BCUT2D eigenvalue weighted by Crippen LogP contribution is 2.07. The molecule has 1 amide bonds. The number of nitrogens with one attached hydrogen (secondary N) is 2. The van der Waals surface area contributed by atoms with Gasteiger partial charge in [0.15, 0.2) is 0 Å². The maximum Gasteiger partial charge on any atom is 0.234 e. The van der Waals surface area contributed by atoms with Gasteiger partial charge in [-0.1, -0.05) is 6.42 Å². The van der Waals surface area contributed by atoms with Gasteiger partial charge in [-0.05, 0) is 32.9 Å². The van der Waals surface area contributed by atoms with Gasteiger partial charge >= 0.3 is 0 Å². The molecule has 0 saturated carbocycles. The summed E-state index contributed by atoms with van der Waals surface area (Å²) in [6.07, 6.45) is 4.67. The van der Waals surface area contributed by atoms with Crippen molar-refractivity contribution in [1.29, 1.82) is 0 Å². The van der Waals surface area contributed by atoms with Gasteiger partial charge < -0.3 is 15.4 Å². The average molecular weight is 257 g/mol. The lowest BCUT2D eigenvalue weighted by molar-refractivity contribution is -0.122. The van der Waals surface area contributed by atoms with Gasteiger partial charge in [0.2, 0.25) is 5.91 Å². The van der Waals surface area contributed by atoms with E-state index in [1.165, 1.54) is 19.3 Å². The molecule has 1 saturated heterocycles. The summed E-state index contributed by atoms with van der Waals surface area (Å²) < 4.78 is 4.94. The van der Waals surface area contributed by atoms with E-state index in [1.807, 2.05) is 7.05 Å². The Kier molecular flexibility index (Phi) is 7.96. The minimum absolute atomic E-state index is 0.101. The van der Waals surface area contributed by atoms with E-state index >= 15 is 0 Å². The van der Waals surface area contributed by atoms with Gasteiger partial charge in [0.05, 0.1) is 6.54 Å². The van der Waals surface area contributed by atoms with Crippen LogP contribution < -0.4 is 10.6 Å². The quantitative estimate of drug-likeness (QED) is 0.611. The van der Waals surface area contributed by atoms with Crippen LogP contribution in [0.15, 0.2) is 0 Å². The lowest BCUT2D eigenvalue weighted by Crippen LogP contribution is -2.45. The average Bonchev–Trinajstić information content (AvgIpc) is 2.35. The van der Waals surface area contributed by atoms with Crippen molar-refractivity contribution in [2.75, 3.05) is 46.9 Å². The predicted molar refractivity (Wildman–Crippen MR) is 72.6 cm³/mol. The molecule has 1 rings (SSSR count). The van der Waals surface area contributed by atoms with Crippen LogP contribution in [0.2, 0.25) is 0 Å². The standard InChI is InChI=1S/C13H27N3O2/c1-16(10-12-6-3-4-7-14-12)11-13(17)15-8-5-9-18-2/h12,14H,3-11H2,1-2H3,(H,15,17). The first kappa shape index (κ1) is 15.4. The van der Waals surface area contributed by atoms with Crippen molar-refractivity contribution in [2.45, 2.75) is 31.7 Å². The zero-order valence-electron chi connectivity index (χ0n) is 11.7. The SMILES string of the molecule is COCCCNC(=O)CN(C)CC1CCCCN1. The third-order valence-corrected chi connectivity index (χ3v) is 3.21. The van der Waals surface area contributed by atoms with Crippen LogP contribution in [0.5, 0.6) is 0 Å². The van der Waals surface area contributed by atoms with Crippen LogP contribution in [0.4, 0.5) is 0 Å². The van der Waals surface area contributed by atoms with E-state index in [4.69, 9.17) is 4.74 Å². The molecular weight excluding hydrogens is 230 g/mol. The van der Waals surface area contributed by atoms with Crippen molar-refractivity contribution >= 4 is 5.91 Å². The Morgan fingerprint density at radius 1 is 1.50 bits per heavy atom. The first-order valence-corrected chi connectivity index (χ1v) is 6.90. The molecule has 106 valence electrons. The van der Waals surface area contributed by atoms with Gasteiger partial charge in [-0.3, -0.25) is 9.69 Å². The van der Waals surface area contributed by atoms with E-state index in [2.05, 4.69) is 15.5 Å². The van der Waals surface area contributed by atoms with E-state index in [0.717, 1.165) is 19.5 Å². The number of likely N-dealkylation sites (N-methyl/N-ethyl adjacent to an activating group) is 1. The molecular formula is C13H27N3O2. The van der Waals surface area contributed by atoms with Gasteiger partial charge in [0, 0.05) is 32.8 Å². The minimum atomic E-state index is 0.101. The monoisotopic (exact) mass is 257 g/mol. The number of rotatable bonds is 8. The highest BCUT2D eigenvalue weighted by Gasteiger charge is 2.15. The largest absolute Gasteiger partial charge is 0.385 e. The van der Waals surface area contributed by atoms with Crippen molar-refractivity contribution in [3.05, 3.63) is 0 Å². The summed E-state index contributed by atoms with van der Waals surface area (Å²) in [5.74, 6) is 0.101. The van der Waals surface area contributed by atoms with Gasteiger partial charge in [-0.15, -0.1) is 0 Å². The Bertz CT molecular complexity index is 230. The smallest absolute Gasteiger partial charge is 0.234 e. The second-order valence-electron chi connectivity index (χ2n) is 5.04. The number of hydrogen-bond acceptors (Lipinski definition) is 4. The Balaban J connectivity index is 2.06. The maximum absolute atomic E-state index is 11.6. The molecule has 1 aliphatic rings. The summed E-state index contributed by atoms with van der Waals surface area (Å²) >= 11 is 0. The first-order chi connectivity index (χ1) is 8.72. The number of amides is 1. The highest BCUT2D eigenvalue weighted by molar-refractivity contribution is 5.77. The molecule has 0 aromatic rings. The minimum Gasteiger partial charge on any atom is -0.385 e. The Labute approximate surface area is 110 Å². The van der Waals surface area contributed by atoms with Crippen molar-refractivity contribution in [1.82, 2.24) is 15.5 Å². The van der Waals surface area contributed by atoms with E-state index < -0.39 is 0 Å². The lowest BCUT2D eigenvalue weighted by Gasteiger charge is -2.27. The molecule has 1 fully saturated rings. The topological polar surface area (TPSA) is 53.6 Å². The number of hydrogen-bond donors (Lipinski definition) is 2. The summed E-state index contributed by atoms with van der Waals surface area (Å²) in [6, 6.07) is 0.546. The molecule has 0 bridgehead atoms. The first-order valence-electron chi connectivity index (χ1n) is 6.90. The molecule has 0 aromatic carbocycles. The molecule has 1 heterocycles. The fraction of sp³-hybridized carbons (Fsp3) is 0.923. The van der Waals surface area contributed by atoms with Crippen LogP contribution in [0, 0.1) is 0 Å². The maximum atomic E-state index is 11.6. The van der Waals surface area contributed by atoms with Crippen LogP contribution in [0.3, 0.4) is 0 Å². The Morgan fingerprint density at radius 3 is 3.00 bits per heavy atom. The van der Waals surface area contributed by atoms with Gasteiger partial charge in [0.25, 0.3) is 0 Å². The summed E-state index contributed by atoms with van der Waals surface area (Å²) in [6.45, 7) is 3.93. The van der Waals surface area contributed by atoms with E-state index in [1.54, 1.807) is 7.11 Å². The lowest BCUT2D eigenvalue weighted by atomic mass is 10.0. The number of carbonyl (C=O) groups excluding carboxylic acids is 1. The van der Waals surface area contributed by atoms with Gasteiger partial charge in [0.1, 0.15) is 0 Å². The third-order valence-electron chi connectivity index (χ3n) is 3.21. The third kappa shape index (κ3) is 6.93. The Hall–Kier alpha value is -0.650. The van der Waals surface area contributed by atoms with E-state index in [-0.39, 0.29) is 5.91 Å². The van der Waals surface area contributed by atoms with Crippen LogP contribution in [-0.4, -0.2) is 63.8 Å². The Morgan fingerprint density at radius 2 is 2.33 bits per heavy atom. The van der Waals surface area contributed by atoms with Gasteiger partial charge in [-0.2, -0.15) is 0 Å². The molecule has 2 N–H and O–H groups in total. The van der Waals surface area contributed by atoms with Crippen molar-refractivity contribution in [3.63, 3.8) is 0 Å². The fourth-order valence-electron chi connectivity index (χ4n) is 2.27. The number of ether oxygens (including phenoxy) is 1. The molecule has 0 radical (unpaired) electrons. The van der Waals surface area contributed by atoms with Crippen molar-refractivity contribution in [2.24, 2.45) is 0 Å². The zero-order chi connectivity index (χ0) is 13.2. The molecule has 5 nitrogen and oxygen atoms in total. The van der Waals surface area contributed by atoms with Crippen LogP contribution in [0.1, 0.15) is 25.7 Å². The highest BCUT2D eigenvalue weighted by atomic mass is 16.5. The van der Waals surface area contributed by atoms with Crippen molar-refractivity contribution < 1.29 is 9.53 Å². The number of nitrogens with zero attached hydrogens (tertiary/aromatic N) is 1. The van der Waals surface area contributed by atoms with E-state index in [9.17, 15) is 4.79 Å². The molecule has 0 aliphatic carbocycles. The van der Waals surface area contributed by atoms with Gasteiger partial charge in [-0.25, -0.2) is 0 Å². The number of methoxy groups -OCH3 is 1. The molecule has 1 aliphatic heterocycles. The van der Waals surface area contributed by atoms with Crippen LogP contribution in [0.25, 0.3) is 0 Å². The summed E-state index contributed by atoms with van der Waals surface area (Å²) in [5, 5.41) is 6.40. The van der Waals surface area contributed by atoms with Crippen LogP contribution in [-0.2, 0) is 9.53 Å². The predicted octanol–water partition coefficient (Wildman–Crippen LogP) is 0.213. The zero-order valence-corrected chi connectivity index (χ0v) is 11.7.